The Balaban J connectivity index is 4.34. The van der Waals surface area contributed by atoms with E-state index in [0.717, 1.165) is 19.3 Å². The van der Waals surface area contributed by atoms with E-state index in [9.17, 15) is 4.79 Å². The summed E-state index contributed by atoms with van der Waals surface area (Å²) in [6.07, 6.45) is 5.58. The zero-order valence-corrected chi connectivity index (χ0v) is 12.6. The van der Waals surface area contributed by atoms with Crippen LogP contribution in [0.1, 0.15) is 46.5 Å². The van der Waals surface area contributed by atoms with E-state index in [0.29, 0.717) is 12.2 Å². The standard InChI is InChI=1S/C14H23NO2S/c1-5-12(2)7-6-8-14(3,9-10-15)18-11-13(16)17-4/h7H,5-6,8-9,11H2,1-4H3. The van der Waals surface area contributed by atoms with Crippen molar-refractivity contribution in [1.82, 2.24) is 0 Å². The van der Waals surface area contributed by atoms with Gasteiger partial charge in [0.2, 0.25) is 0 Å². The number of thioether (sulfide) groups is 1. The molecule has 0 bridgehead atoms. The quantitative estimate of drug-likeness (QED) is 0.498. The maximum absolute atomic E-state index is 11.2. The first-order chi connectivity index (χ1) is 8.47. The van der Waals surface area contributed by atoms with Crippen molar-refractivity contribution < 1.29 is 9.53 Å². The molecule has 0 spiro atoms. The summed E-state index contributed by atoms with van der Waals surface area (Å²) in [4.78, 5) is 11.2. The fourth-order valence-electron chi connectivity index (χ4n) is 1.44. The van der Waals surface area contributed by atoms with Gasteiger partial charge in [-0.15, -0.1) is 11.8 Å². The molecule has 0 N–H and O–H groups in total. The Morgan fingerprint density at radius 2 is 2.22 bits per heavy atom. The van der Waals surface area contributed by atoms with Crippen molar-refractivity contribution in [3.63, 3.8) is 0 Å². The molecule has 1 unspecified atom stereocenters. The summed E-state index contributed by atoms with van der Waals surface area (Å²) < 4.78 is 4.46. The van der Waals surface area contributed by atoms with Crippen LogP contribution in [0.2, 0.25) is 0 Å². The number of hydrogen-bond donors (Lipinski definition) is 0. The average Bonchev–Trinajstić information content (AvgIpc) is 2.36. The fraction of sp³-hybridized carbons (Fsp3) is 0.714. The van der Waals surface area contributed by atoms with Crippen molar-refractivity contribution in [3.05, 3.63) is 11.6 Å². The molecule has 0 fully saturated rings. The highest BCUT2D eigenvalue weighted by atomic mass is 32.2. The summed E-state index contributed by atoms with van der Waals surface area (Å²) in [5.41, 5.74) is 1.37. The lowest BCUT2D eigenvalue weighted by atomic mass is 10.00. The lowest BCUT2D eigenvalue weighted by Crippen LogP contribution is -2.22. The molecule has 3 nitrogen and oxygen atoms in total. The Morgan fingerprint density at radius 3 is 2.72 bits per heavy atom. The molecule has 1 atom stereocenters. The summed E-state index contributed by atoms with van der Waals surface area (Å²) >= 11 is 1.51. The smallest absolute Gasteiger partial charge is 0.315 e. The van der Waals surface area contributed by atoms with Crippen molar-refractivity contribution in [2.75, 3.05) is 12.9 Å². The number of carbonyl (C=O) groups is 1. The first kappa shape index (κ1) is 17.1. The number of esters is 1. The van der Waals surface area contributed by atoms with Crippen LogP contribution in [-0.4, -0.2) is 23.6 Å². The Kier molecular flexibility index (Phi) is 8.57. The summed E-state index contributed by atoms with van der Waals surface area (Å²) in [6, 6.07) is 2.21. The molecule has 0 radical (unpaired) electrons. The van der Waals surface area contributed by atoms with Crippen molar-refractivity contribution in [2.45, 2.75) is 51.2 Å². The summed E-state index contributed by atoms with van der Waals surface area (Å²) in [5.74, 6) is 0.0787. The average molecular weight is 269 g/mol. The maximum Gasteiger partial charge on any atom is 0.315 e. The number of carbonyl (C=O) groups excluding carboxylic acids is 1. The lowest BCUT2D eigenvalue weighted by molar-refractivity contribution is -0.137. The van der Waals surface area contributed by atoms with Gasteiger partial charge < -0.3 is 4.74 Å². The van der Waals surface area contributed by atoms with Gasteiger partial charge in [-0.3, -0.25) is 4.79 Å². The van der Waals surface area contributed by atoms with Gasteiger partial charge in [-0.2, -0.15) is 5.26 Å². The Morgan fingerprint density at radius 1 is 1.56 bits per heavy atom. The van der Waals surface area contributed by atoms with Gasteiger partial charge in [0.15, 0.2) is 0 Å². The van der Waals surface area contributed by atoms with E-state index >= 15 is 0 Å². The van der Waals surface area contributed by atoms with E-state index in [2.05, 4.69) is 30.7 Å². The van der Waals surface area contributed by atoms with E-state index in [1.807, 2.05) is 6.92 Å². The van der Waals surface area contributed by atoms with Crippen LogP contribution in [0, 0.1) is 11.3 Å². The van der Waals surface area contributed by atoms with Crippen LogP contribution in [0.15, 0.2) is 11.6 Å². The number of allylic oxidation sites excluding steroid dienone is 2. The molecule has 0 amide bonds. The van der Waals surface area contributed by atoms with E-state index in [1.54, 1.807) is 0 Å². The van der Waals surface area contributed by atoms with Crippen LogP contribution < -0.4 is 0 Å². The van der Waals surface area contributed by atoms with Crippen LogP contribution in [0.4, 0.5) is 0 Å². The third kappa shape index (κ3) is 7.39. The molecule has 0 aromatic heterocycles. The molecular formula is C14H23NO2S. The molecule has 0 aliphatic heterocycles. The van der Waals surface area contributed by atoms with Crippen LogP contribution in [0.25, 0.3) is 0 Å². The van der Waals surface area contributed by atoms with Gasteiger partial charge in [0.05, 0.1) is 18.9 Å². The van der Waals surface area contributed by atoms with Crippen molar-refractivity contribution in [2.24, 2.45) is 0 Å². The Bertz CT molecular complexity index is 333. The van der Waals surface area contributed by atoms with Gasteiger partial charge in [0.1, 0.15) is 0 Å². The molecule has 0 rings (SSSR count). The maximum atomic E-state index is 11.2. The fourth-order valence-corrected chi connectivity index (χ4v) is 2.45. The van der Waals surface area contributed by atoms with Gasteiger partial charge in [0.25, 0.3) is 0 Å². The van der Waals surface area contributed by atoms with Crippen molar-refractivity contribution in [1.29, 1.82) is 5.26 Å². The summed E-state index contributed by atoms with van der Waals surface area (Å²) in [7, 11) is 1.39. The largest absolute Gasteiger partial charge is 0.468 e. The molecule has 18 heavy (non-hydrogen) atoms. The minimum atomic E-state index is -0.232. The lowest BCUT2D eigenvalue weighted by Gasteiger charge is -2.25. The van der Waals surface area contributed by atoms with Gasteiger partial charge in [-0.1, -0.05) is 18.6 Å². The second-order valence-electron chi connectivity index (χ2n) is 4.59. The molecule has 0 saturated heterocycles. The molecule has 0 aliphatic rings. The summed E-state index contributed by atoms with van der Waals surface area (Å²) in [6.45, 7) is 6.29. The number of methoxy groups -OCH3 is 1. The van der Waals surface area contributed by atoms with E-state index < -0.39 is 0 Å². The third-order valence-electron chi connectivity index (χ3n) is 2.94. The SMILES string of the molecule is CCC(C)=CCCC(C)(CC#N)SCC(=O)OC. The first-order valence-corrected chi connectivity index (χ1v) is 7.19. The van der Waals surface area contributed by atoms with E-state index in [1.165, 1.54) is 24.4 Å². The molecule has 4 heteroatoms. The second kappa shape index (κ2) is 9.04. The van der Waals surface area contributed by atoms with Crippen molar-refractivity contribution >= 4 is 17.7 Å². The highest BCUT2D eigenvalue weighted by Gasteiger charge is 2.25. The van der Waals surface area contributed by atoms with Gasteiger partial charge in [-0.05, 0) is 33.1 Å². The molecule has 0 heterocycles. The Labute approximate surface area is 115 Å². The highest BCUT2D eigenvalue weighted by Crippen LogP contribution is 2.33. The van der Waals surface area contributed by atoms with Crippen LogP contribution in [0.5, 0.6) is 0 Å². The number of rotatable bonds is 8. The normalized spacial score (nSPS) is 14.7. The zero-order valence-electron chi connectivity index (χ0n) is 11.8. The number of nitriles is 1. The topological polar surface area (TPSA) is 50.1 Å². The monoisotopic (exact) mass is 269 g/mol. The van der Waals surface area contributed by atoms with E-state index in [4.69, 9.17) is 5.26 Å². The molecule has 0 saturated carbocycles. The molecule has 0 aromatic rings. The summed E-state index contributed by atoms with van der Waals surface area (Å²) in [5, 5.41) is 8.88. The predicted molar refractivity (Wildman–Crippen MR) is 76.4 cm³/mol. The van der Waals surface area contributed by atoms with Crippen molar-refractivity contribution in [3.8, 4) is 6.07 Å². The van der Waals surface area contributed by atoms with Gasteiger partial charge in [0, 0.05) is 11.2 Å². The van der Waals surface area contributed by atoms with Crippen LogP contribution in [0.3, 0.4) is 0 Å². The minimum absolute atomic E-state index is 0.173. The molecule has 0 aliphatic carbocycles. The number of ether oxygens (including phenoxy) is 1. The highest BCUT2D eigenvalue weighted by molar-refractivity contribution is 8.01. The third-order valence-corrected chi connectivity index (χ3v) is 4.37. The van der Waals surface area contributed by atoms with Gasteiger partial charge in [-0.25, -0.2) is 0 Å². The predicted octanol–water partition coefficient (Wildman–Crippen LogP) is 3.70. The van der Waals surface area contributed by atoms with Crippen LogP contribution in [-0.2, 0) is 9.53 Å². The van der Waals surface area contributed by atoms with Gasteiger partial charge >= 0.3 is 5.97 Å². The van der Waals surface area contributed by atoms with E-state index in [-0.39, 0.29) is 10.7 Å². The first-order valence-electron chi connectivity index (χ1n) is 6.20. The number of hydrogen-bond acceptors (Lipinski definition) is 4. The number of nitrogens with zero attached hydrogens (tertiary/aromatic N) is 1. The Hall–Kier alpha value is -0.950. The zero-order chi connectivity index (χ0) is 14.0. The minimum Gasteiger partial charge on any atom is -0.468 e. The molecule has 102 valence electrons. The van der Waals surface area contributed by atoms with Crippen LogP contribution >= 0.6 is 11.8 Å². The molecule has 0 aromatic carbocycles. The molecular weight excluding hydrogens is 246 g/mol. The second-order valence-corrected chi connectivity index (χ2v) is 6.16.